The summed E-state index contributed by atoms with van der Waals surface area (Å²) in [5, 5.41) is 20.0. The van der Waals surface area contributed by atoms with Crippen molar-refractivity contribution >= 4 is 40.6 Å². The van der Waals surface area contributed by atoms with Crippen molar-refractivity contribution in [2.75, 3.05) is 43.4 Å². The average Bonchev–Trinajstić information content (AvgIpc) is 3.30. The van der Waals surface area contributed by atoms with Crippen LogP contribution >= 0.6 is 0 Å². The first kappa shape index (κ1) is 26.9. The van der Waals surface area contributed by atoms with Gasteiger partial charge in [-0.15, -0.1) is 0 Å². The molecule has 0 radical (unpaired) electrons. The Kier molecular flexibility index (Phi) is 8.76. The van der Waals surface area contributed by atoms with E-state index >= 15 is 0 Å². The minimum atomic E-state index is -0.192. The number of aliphatic imine (C=N–C) groups is 1. The van der Waals surface area contributed by atoms with E-state index in [1.165, 1.54) is 5.57 Å². The lowest BCUT2D eigenvalue weighted by atomic mass is 10.0. The van der Waals surface area contributed by atoms with Gasteiger partial charge in [-0.1, -0.05) is 23.8 Å². The van der Waals surface area contributed by atoms with Crippen LogP contribution in [0.25, 0.3) is 10.9 Å². The number of benzene rings is 2. The summed E-state index contributed by atoms with van der Waals surface area (Å²) in [5.41, 5.74) is 7.20. The second kappa shape index (κ2) is 12.4. The second-order valence-corrected chi connectivity index (χ2v) is 9.66. The fraction of sp³-hybridized carbons (Fsp3) is 0.300. The lowest BCUT2D eigenvalue weighted by Gasteiger charge is -2.29. The molecule has 1 amide bonds. The van der Waals surface area contributed by atoms with Crippen LogP contribution in [0.1, 0.15) is 34.5 Å². The van der Waals surface area contributed by atoms with E-state index in [9.17, 15) is 4.79 Å². The number of carbonyl (C=O) groups is 1. The van der Waals surface area contributed by atoms with Crippen LogP contribution in [0.4, 0.5) is 17.1 Å². The van der Waals surface area contributed by atoms with Gasteiger partial charge >= 0.3 is 0 Å². The summed E-state index contributed by atoms with van der Waals surface area (Å²) < 4.78 is 0. The molecule has 3 N–H and O–H groups in total. The number of fused-ring (bicyclic) bond motifs is 1. The maximum Gasteiger partial charge on any atom is 0.255 e. The molecule has 8 nitrogen and oxygen atoms in total. The van der Waals surface area contributed by atoms with Gasteiger partial charge in [0.15, 0.2) is 0 Å². The summed E-state index contributed by atoms with van der Waals surface area (Å²) in [6, 6.07) is 9.43. The van der Waals surface area contributed by atoms with Gasteiger partial charge in [-0.05, 0) is 75.4 Å². The Hall–Kier alpha value is -4.17. The third-order valence-corrected chi connectivity index (χ3v) is 6.97. The number of aromatic nitrogens is 2. The molecule has 0 bridgehead atoms. The SMILES string of the molecule is C=Nc1cc(C(=O)Nc2cc(C)c3n[nH]c(C)c3c2)ccc1N(C)CCN1CC=C(C/C=C\C=C\O)CC1. The number of likely N-dealkylation sites (N-methyl/N-ethyl adjacent to an activating group) is 1. The average molecular weight is 513 g/mol. The molecule has 1 aliphatic rings. The van der Waals surface area contributed by atoms with Crippen molar-refractivity contribution in [2.45, 2.75) is 26.7 Å². The van der Waals surface area contributed by atoms with Crippen LogP contribution in [0.2, 0.25) is 0 Å². The van der Waals surface area contributed by atoms with Gasteiger partial charge in [0.2, 0.25) is 0 Å². The van der Waals surface area contributed by atoms with Gasteiger partial charge in [-0.25, -0.2) is 0 Å². The zero-order valence-electron chi connectivity index (χ0n) is 22.4. The molecule has 0 fully saturated rings. The highest BCUT2D eigenvalue weighted by Gasteiger charge is 2.16. The Morgan fingerprint density at radius 1 is 1.29 bits per heavy atom. The quantitative estimate of drug-likeness (QED) is 0.137. The molecule has 0 spiro atoms. The monoisotopic (exact) mass is 512 g/mol. The number of carbonyl (C=O) groups excluding carboxylic acids is 1. The van der Waals surface area contributed by atoms with E-state index < -0.39 is 0 Å². The lowest BCUT2D eigenvalue weighted by Crippen LogP contribution is -2.36. The molecule has 2 heterocycles. The molecule has 0 saturated heterocycles. The molecule has 0 atom stereocenters. The van der Waals surface area contributed by atoms with E-state index in [0.29, 0.717) is 11.3 Å². The van der Waals surface area contributed by atoms with Gasteiger partial charge in [-0.3, -0.25) is 19.8 Å². The predicted molar refractivity (Wildman–Crippen MR) is 157 cm³/mol. The number of amides is 1. The van der Waals surface area contributed by atoms with Gasteiger partial charge in [-0.2, -0.15) is 5.10 Å². The highest BCUT2D eigenvalue weighted by molar-refractivity contribution is 6.06. The topological polar surface area (TPSA) is 96.8 Å². The number of allylic oxidation sites excluding steroid dienone is 3. The fourth-order valence-corrected chi connectivity index (χ4v) is 4.70. The highest BCUT2D eigenvalue weighted by Crippen LogP contribution is 2.30. The molecule has 4 rings (SSSR count). The van der Waals surface area contributed by atoms with Gasteiger partial charge in [0.25, 0.3) is 5.91 Å². The van der Waals surface area contributed by atoms with Crippen LogP contribution in [-0.2, 0) is 0 Å². The van der Waals surface area contributed by atoms with Crippen molar-refractivity contribution in [3.63, 3.8) is 0 Å². The number of aryl methyl sites for hydroxylation is 2. The van der Waals surface area contributed by atoms with Gasteiger partial charge in [0.05, 0.1) is 23.2 Å². The summed E-state index contributed by atoms with van der Waals surface area (Å²) in [6.07, 6.45) is 10.9. The van der Waals surface area contributed by atoms with E-state index in [-0.39, 0.29) is 5.91 Å². The summed E-state index contributed by atoms with van der Waals surface area (Å²) in [6.45, 7) is 11.4. The third-order valence-electron chi connectivity index (χ3n) is 6.97. The van der Waals surface area contributed by atoms with E-state index in [1.807, 2.05) is 51.2 Å². The molecule has 1 aromatic heterocycles. The Morgan fingerprint density at radius 3 is 2.87 bits per heavy atom. The van der Waals surface area contributed by atoms with Crippen LogP contribution in [0, 0.1) is 13.8 Å². The summed E-state index contributed by atoms with van der Waals surface area (Å²) in [5.74, 6) is -0.192. The molecular weight excluding hydrogens is 476 g/mol. The first-order chi connectivity index (χ1) is 18.4. The van der Waals surface area contributed by atoms with Crippen molar-refractivity contribution in [1.82, 2.24) is 15.1 Å². The molecule has 0 saturated carbocycles. The summed E-state index contributed by atoms with van der Waals surface area (Å²) in [7, 11) is 2.04. The second-order valence-electron chi connectivity index (χ2n) is 9.66. The maximum atomic E-state index is 13.1. The smallest absolute Gasteiger partial charge is 0.255 e. The third kappa shape index (κ3) is 6.39. The molecule has 2 aromatic carbocycles. The van der Waals surface area contributed by atoms with Crippen LogP contribution in [0.15, 0.2) is 71.5 Å². The van der Waals surface area contributed by atoms with Crippen molar-refractivity contribution in [2.24, 2.45) is 4.99 Å². The van der Waals surface area contributed by atoms with E-state index in [1.54, 1.807) is 12.1 Å². The number of aliphatic hydroxyl groups is 1. The first-order valence-electron chi connectivity index (χ1n) is 12.8. The van der Waals surface area contributed by atoms with Crippen molar-refractivity contribution in [3.8, 4) is 0 Å². The van der Waals surface area contributed by atoms with E-state index in [0.717, 1.165) is 78.8 Å². The zero-order chi connectivity index (χ0) is 27.1. The molecule has 0 unspecified atom stereocenters. The number of nitrogens with one attached hydrogen (secondary N) is 2. The first-order valence-corrected chi connectivity index (χ1v) is 12.8. The minimum absolute atomic E-state index is 0.192. The minimum Gasteiger partial charge on any atom is -0.516 e. The van der Waals surface area contributed by atoms with Gasteiger partial charge < -0.3 is 15.3 Å². The predicted octanol–water partition coefficient (Wildman–Crippen LogP) is 5.85. The van der Waals surface area contributed by atoms with Crippen molar-refractivity contribution < 1.29 is 9.90 Å². The largest absolute Gasteiger partial charge is 0.516 e. The van der Waals surface area contributed by atoms with Gasteiger partial charge in [0.1, 0.15) is 0 Å². The van der Waals surface area contributed by atoms with Crippen LogP contribution in [-0.4, -0.2) is 66.1 Å². The van der Waals surface area contributed by atoms with E-state index in [2.05, 4.69) is 49.2 Å². The fourth-order valence-electron chi connectivity index (χ4n) is 4.70. The number of rotatable bonds is 10. The molecule has 38 heavy (non-hydrogen) atoms. The van der Waals surface area contributed by atoms with Crippen LogP contribution < -0.4 is 10.2 Å². The number of hydrogen-bond donors (Lipinski definition) is 3. The Bertz CT molecular complexity index is 1400. The summed E-state index contributed by atoms with van der Waals surface area (Å²) >= 11 is 0. The number of nitrogens with zero attached hydrogens (tertiary/aromatic N) is 4. The standard InChI is InChI=1S/C30H36N6O2/c1-21-18-25(20-26-22(2)33-34-29(21)26)32-30(38)24-9-10-28(27(19-24)31-3)35(4)15-16-36-13-11-23(12-14-36)8-6-5-7-17-37/h5-7,9-11,17-20,37H,3,8,12-16H2,1-2,4H3,(H,32,38)(H,33,34)/b6-5-,17-7+. The molecule has 198 valence electrons. The number of anilines is 2. The summed E-state index contributed by atoms with van der Waals surface area (Å²) in [4.78, 5) is 21.9. The number of hydrogen-bond acceptors (Lipinski definition) is 6. The molecule has 8 heteroatoms. The highest BCUT2D eigenvalue weighted by atomic mass is 16.2. The van der Waals surface area contributed by atoms with Crippen LogP contribution in [0.3, 0.4) is 0 Å². The molecule has 0 aliphatic carbocycles. The lowest BCUT2D eigenvalue weighted by molar-refractivity contribution is 0.102. The van der Waals surface area contributed by atoms with Crippen molar-refractivity contribution in [3.05, 3.63) is 83.3 Å². The van der Waals surface area contributed by atoms with Crippen LogP contribution in [0.5, 0.6) is 0 Å². The van der Waals surface area contributed by atoms with E-state index in [4.69, 9.17) is 5.11 Å². The zero-order valence-corrected chi connectivity index (χ0v) is 22.4. The van der Waals surface area contributed by atoms with Crippen molar-refractivity contribution in [1.29, 1.82) is 0 Å². The normalized spacial score (nSPS) is 14.3. The Labute approximate surface area is 224 Å². The number of H-pyrrole nitrogens is 1. The number of aliphatic hydroxyl groups excluding tert-OH is 1. The molecule has 1 aliphatic heterocycles. The Balaban J connectivity index is 1.36. The number of aromatic amines is 1. The van der Waals surface area contributed by atoms with Gasteiger partial charge in [0, 0.05) is 55.6 Å². The maximum absolute atomic E-state index is 13.1. The molecular formula is C30H36N6O2. The Morgan fingerprint density at radius 2 is 2.13 bits per heavy atom. The molecule has 3 aromatic rings.